The summed E-state index contributed by atoms with van der Waals surface area (Å²) in [4.78, 5) is 2.56. The maximum atomic E-state index is 3.38. The lowest BCUT2D eigenvalue weighted by Crippen LogP contribution is -2.31. The molecule has 18 heavy (non-hydrogen) atoms. The van der Waals surface area contributed by atoms with Gasteiger partial charge < -0.3 is 5.32 Å². The van der Waals surface area contributed by atoms with Crippen molar-refractivity contribution in [1.82, 2.24) is 10.2 Å². The lowest BCUT2D eigenvalue weighted by Gasteiger charge is -2.26. The molecule has 2 heteroatoms. The van der Waals surface area contributed by atoms with Crippen molar-refractivity contribution >= 4 is 0 Å². The number of nitrogens with zero attached hydrogens (tertiary/aromatic N) is 1. The Kier molecular flexibility index (Phi) is 7.70. The molecule has 0 saturated carbocycles. The van der Waals surface area contributed by atoms with Crippen LogP contribution in [-0.4, -0.2) is 30.6 Å². The number of rotatable bonds is 9. The van der Waals surface area contributed by atoms with Gasteiger partial charge in [-0.1, -0.05) is 37.3 Å². The number of hydrogen-bond acceptors (Lipinski definition) is 2. The second-order valence-corrected chi connectivity index (χ2v) is 5.11. The van der Waals surface area contributed by atoms with Crippen molar-refractivity contribution in [2.75, 3.05) is 19.6 Å². The van der Waals surface area contributed by atoms with Crippen LogP contribution in [0, 0.1) is 0 Å². The van der Waals surface area contributed by atoms with E-state index in [0.29, 0.717) is 6.04 Å². The fourth-order valence-electron chi connectivity index (χ4n) is 2.08. The highest BCUT2D eigenvalue weighted by Gasteiger charge is 2.09. The molecule has 0 aliphatic carbocycles. The standard InChI is InChI=1S/C16H28N2/c1-4-17-12-8-9-13-18(15(2)3)14-16-10-6-5-7-11-16/h5-7,10-11,15,17H,4,8-9,12-14H2,1-3H3. The molecule has 0 aliphatic heterocycles. The van der Waals surface area contributed by atoms with Gasteiger partial charge in [0.25, 0.3) is 0 Å². The maximum Gasteiger partial charge on any atom is 0.0236 e. The van der Waals surface area contributed by atoms with Crippen molar-refractivity contribution in [3.63, 3.8) is 0 Å². The zero-order valence-corrected chi connectivity index (χ0v) is 12.2. The summed E-state index contributed by atoms with van der Waals surface area (Å²) >= 11 is 0. The summed E-state index contributed by atoms with van der Waals surface area (Å²) < 4.78 is 0. The Morgan fingerprint density at radius 3 is 2.44 bits per heavy atom. The molecule has 1 aromatic carbocycles. The van der Waals surface area contributed by atoms with E-state index in [9.17, 15) is 0 Å². The van der Waals surface area contributed by atoms with E-state index in [4.69, 9.17) is 0 Å². The molecule has 0 bridgehead atoms. The molecule has 1 aromatic rings. The van der Waals surface area contributed by atoms with Crippen LogP contribution >= 0.6 is 0 Å². The highest BCUT2D eigenvalue weighted by Crippen LogP contribution is 2.09. The zero-order chi connectivity index (χ0) is 13.2. The Morgan fingerprint density at radius 2 is 1.83 bits per heavy atom. The minimum atomic E-state index is 0.615. The van der Waals surface area contributed by atoms with Crippen LogP contribution in [0.15, 0.2) is 30.3 Å². The number of hydrogen-bond donors (Lipinski definition) is 1. The van der Waals surface area contributed by atoms with Crippen molar-refractivity contribution in [2.45, 2.75) is 46.2 Å². The topological polar surface area (TPSA) is 15.3 Å². The summed E-state index contributed by atoms with van der Waals surface area (Å²) in [6.45, 7) is 11.2. The summed E-state index contributed by atoms with van der Waals surface area (Å²) in [5.41, 5.74) is 1.41. The summed E-state index contributed by atoms with van der Waals surface area (Å²) in [7, 11) is 0. The largest absolute Gasteiger partial charge is 0.317 e. The van der Waals surface area contributed by atoms with Gasteiger partial charge in [-0.3, -0.25) is 4.90 Å². The van der Waals surface area contributed by atoms with Crippen LogP contribution in [0.25, 0.3) is 0 Å². The van der Waals surface area contributed by atoms with E-state index >= 15 is 0 Å². The normalized spacial score (nSPS) is 11.4. The quantitative estimate of drug-likeness (QED) is 0.675. The number of benzene rings is 1. The van der Waals surface area contributed by atoms with E-state index < -0.39 is 0 Å². The third kappa shape index (κ3) is 6.18. The van der Waals surface area contributed by atoms with Crippen LogP contribution in [0.1, 0.15) is 39.2 Å². The SMILES string of the molecule is CCNCCCCN(Cc1ccccc1)C(C)C. The minimum absolute atomic E-state index is 0.615. The van der Waals surface area contributed by atoms with Crippen LogP contribution in [0.3, 0.4) is 0 Å². The van der Waals surface area contributed by atoms with E-state index in [1.54, 1.807) is 0 Å². The van der Waals surface area contributed by atoms with Gasteiger partial charge in [-0.2, -0.15) is 0 Å². The highest BCUT2D eigenvalue weighted by molar-refractivity contribution is 5.14. The Labute approximate surface area is 112 Å². The van der Waals surface area contributed by atoms with Gasteiger partial charge in [0.15, 0.2) is 0 Å². The van der Waals surface area contributed by atoms with E-state index in [0.717, 1.165) is 19.6 Å². The van der Waals surface area contributed by atoms with Crippen molar-refractivity contribution in [3.8, 4) is 0 Å². The Balaban J connectivity index is 2.32. The van der Waals surface area contributed by atoms with E-state index in [1.807, 2.05) is 0 Å². The van der Waals surface area contributed by atoms with Crippen LogP contribution in [0.5, 0.6) is 0 Å². The van der Waals surface area contributed by atoms with Crippen LogP contribution in [-0.2, 0) is 6.54 Å². The third-order valence-corrected chi connectivity index (χ3v) is 3.26. The Bertz CT molecular complexity index is 295. The molecule has 0 amide bonds. The summed E-state index contributed by atoms with van der Waals surface area (Å²) in [6, 6.07) is 11.4. The first-order chi connectivity index (χ1) is 8.74. The van der Waals surface area contributed by atoms with Crippen molar-refractivity contribution in [3.05, 3.63) is 35.9 Å². The first-order valence-corrected chi connectivity index (χ1v) is 7.22. The van der Waals surface area contributed by atoms with Gasteiger partial charge in [0.2, 0.25) is 0 Å². The van der Waals surface area contributed by atoms with Crippen LogP contribution < -0.4 is 5.32 Å². The van der Waals surface area contributed by atoms with Gasteiger partial charge in [-0.15, -0.1) is 0 Å². The number of unbranched alkanes of at least 4 members (excludes halogenated alkanes) is 1. The smallest absolute Gasteiger partial charge is 0.0236 e. The fourth-order valence-corrected chi connectivity index (χ4v) is 2.08. The van der Waals surface area contributed by atoms with Crippen molar-refractivity contribution < 1.29 is 0 Å². The Morgan fingerprint density at radius 1 is 1.11 bits per heavy atom. The second-order valence-electron chi connectivity index (χ2n) is 5.11. The predicted molar refractivity (Wildman–Crippen MR) is 79.8 cm³/mol. The molecular weight excluding hydrogens is 220 g/mol. The average molecular weight is 248 g/mol. The van der Waals surface area contributed by atoms with E-state index in [-0.39, 0.29) is 0 Å². The average Bonchev–Trinajstić information content (AvgIpc) is 2.38. The van der Waals surface area contributed by atoms with Crippen molar-refractivity contribution in [2.24, 2.45) is 0 Å². The maximum absolute atomic E-state index is 3.38. The third-order valence-electron chi connectivity index (χ3n) is 3.26. The lowest BCUT2D eigenvalue weighted by molar-refractivity contribution is 0.208. The van der Waals surface area contributed by atoms with E-state index in [2.05, 4.69) is 61.3 Å². The van der Waals surface area contributed by atoms with Gasteiger partial charge in [0.1, 0.15) is 0 Å². The molecule has 0 heterocycles. The molecule has 2 nitrogen and oxygen atoms in total. The first-order valence-electron chi connectivity index (χ1n) is 7.22. The monoisotopic (exact) mass is 248 g/mol. The van der Waals surface area contributed by atoms with Gasteiger partial charge >= 0.3 is 0 Å². The molecule has 0 aromatic heterocycles. The number of nitrogens with one attached hydrogen (secondary N) is 1. The van der Waals surface area contributed by atoms with Gasteiger partial charge in [-0.25, -0.2) is 0 Å². The van der Waals surface area contributed by atoms with Gasteiger partial charge in [-0.05, 0) is 51.9 Å². The molecule has 102 valence electrons. The van der Waals surface area contributed by atoms with Crippen molar-refractivity contribution in [1.29, 1.82) is 0 Å². The summed E-state index contributed by atoms with van der Waals surface area (Å²) in [5.74, 6) is 0. The predicted octanol–water partition coefficient (Wildman–Crippen LogP) is 3.29. The molecule has 0 atom stereocenters. The van der Waals surface area contributed by atoms with Crippen LogP contribution in [0.4, 0.5) is 0 Å². The van der Waals surface area contributed by atoms with Gasteiger partial charge in [0, 0.05) is 12.6 Å². The van der Waals surface area contributed by atoms with Crippen LogP contribution in [0.2, 0.25) is 0 Å². The molecule has 1 rings (SSSR count). The first kappa shape index (κ1) is 15.2. The molecule has 0 saturated heterocycles. The molecule has 0 radical (unpaired) electrons. The fraction of sp³-hybridized carbons (Fsp3) is 0.625. The summed E-state index contributed by atoms with van der Waals surface area (Å²) in [5, 5.41) is 3.38. The molecule has 0 fully saturated rings. The van der Waals surface area contributed by atoms with Gasteiger partial charge in [0.05, 0.1) is 0 Å². The molecule has 0 unspecified atom stereocenters. The van der Waals surface area contributed by atoms with E-state index in [1.165, 1.54) is 24.9 Å². The zero-order valence-electron chi connectivity index (χ0n) is 12.2. The lowest BCUT2D eigenvalue weighted by atomic mass is 10.1. The molecule has 0 aliphatic rings. The molecular formula is C16H28N2. The minimum Gasteiger partial charge on any atom is -0.317 e. The second kappa shape index (κ2) is 9.12. The molecule has 1 N–H and O–H groups in total. The highest BCUT2D eigenvalue weighted by atomic mass is 15.1. The molecule has 0 spiro atoms. The Hall–Kier alpha value is -0.860. The summed E-state index contributed by atoms with van der Waals surface area (Å²) in [6.07, 6.45) is 2.55.